The van der Waals surface area contributed by atoms with Crippen LogP contribution in [-0.2, 0) is 14.4 Å². The zero-order chi connectivity index (χ0) is 36.1. The molecule has 0 spiro atoms. The molecule has 4 atom stereocenters. The number of carbonyl (C=O) groups excluding carboxylic acids is 1. The summed E-state index contributed by atoms with van der Waals surface area (Å²) in [5.41, 5.74) is 1.78. The van der Waals surface area contributed by atoms with Gasteiger partial charge in [0, 0.05) is 57.1 Å². The number of nitrogens with one attached hydrogen (secondary N) is 1. The van der Waals surface area contributed by atoms with Crippen molar-refractivity contribution in [2.24, 2.45) is 10.9 Å². The number of phenolic OH excluding ortho intramolecular Hbond substituents is 4. The Balaban J connectivity index is 0.00000650. The fraction of sp³-hybridized carbons (Fsp3) is 0.389. The number of aliphatic hydroxyl groups is 1. The van der Waals surface area contributed by atoms with E-state index in [0.717, 1.165) is 6.21 Å². The van der Waals surface area contributed by atoms with Crippen molar-refractivity contribution in [1.82, 2.24) is 5.32 Å². The van der Waals surface area contributed by atoms with Crippen LogP contribution in [0.15, 0.2) is 23.3 Å². The van der Waals surface area contributed by atoms with E-state index in [-0.39, 0.29) is 74.6 Å². The number of hydrogen-bond acceptors (Lipinski definition) is 10. The summed E-state index contributed by atoms with van der Waals surface area (Å²) in [4.78, 5) is 40.6. The number of aliphatic carboxylic acids is 2. The maximum atomic E-state index is 13.6. The molecular weight excluding hydrogens is 643 g/mol. The molecule has 8 N–H and O–H groups in total. The molecule has 0 aliphatic heterocycles. The molecule has 4 rings (SSSR count). The minimum atomic E-state index is -1.47. The number of Topliss-reactive ketones (excluding diaryl/α,β-unsaturated/α-hetero) is 1. The monoisotopic (exact) mass is 685 g/mol. The van der Waals surface area contributed by atoms with Crippen LogP contribution in [0.5, 0.6) is 23.0 Å². The molecule has 12 nitrogen and oxygen atoms in total. The summed E-state index contributed by atoms with van der Waals surface area (Å²) >= 11 is 0. The molecular formula is C36H42N2NaO10+. The maximum absolute atomic E-state index is 13.6. The second kappa shape index (κ2) is 14.8. The number of carboxylic acid groups (broad SMARTS) is 2. The summed E-state index contributed by atoms with van der Waals surface area (Å²) in [6.45, 7) is 13.3. The summed E-state index contributed by atoms with van der Waals surface area (Å²) in [5, 5.41) is 79.3. The zero-order valence-corrected chi connectivity index (χ0v) is 31.1. The molecule has 1 aliphatic rings. The molecule has 0 amide bonds. The van der Waals surface area contributed by atoms with Crippen molar-refractivity contribution in [3.05, 3.63) is 51.7 Å². The molecule has 49 heavy (non-hydrogen) atoms. The van der Waals surface area contributed by atoms with E-state index in [4.69, 9.17) is 0 Å². The summed E-state index contributed by atoms with van der Waals surface area (Å²) < 4.78 is 0. The van der Waals surface area contributed by atoms with Gasteiger partial charge in [-0.3, -0.25) is 14.6 Å². The van der Waals surface area contributed by atoms with Crippen LogP contribution in [0.4, 0.5) is 0 Å². The Bertz CT molecular complexity index is 1910. The fourth-order valence-electron chi connectivity index (χ4n) is 6.51. The molecule has 1 aliphatic carbocycles. The van der Waals surface area contributed by atoms with Crippen LogP contribution in [0.25, 0.3) is 27.5 Å². The average Bonchev–Trinajstić information content (AvgIpc) is 2.98. The van der Waals surface area contributed by atoms with Crippen LogP contribution in [0.2, 0.25) is 0 Å². The van der Waals surface area contributed by atoms with E-state index in [1.54, 1.807) is 39.8 Å². The zero-order valence-electron chi connectivity index (χ0n) is 29.1. The predicted octanol–water partition coefficient (Wildman–Crippen LogP) is 2.05. The number of hydrogen-bond donors (Lipinski definition) is 8. The molecule has 0 heterocycles. The number of aliphatic imine (C=N–C) groups is 1. The first-order valence-corrected chi connectivity index (χ1v) is 15.6. The number of phenols is 4. The quantitative estimate of drug-likeness (QED) is 0.0706. The third-order valence-corrected chi connectivity index (χ3v) is 9.00. The first kappa shape index (κ1) is 39.3. The number of carboxylic acids is 2. The maximum Gasteiger partial charge on any atom is 1.00 e. The van der Waals surface area contributed by atoms with Crippen molar-refractivity contribution in [1.29, 1.82) is 0 Å². The minimum absolute atomic E-state index is 0. The number of aryl methyl sites for hydroxylation is 2. The minimum Gasteiger partial charge on any atom is -0.507 e. The predicted molar refractivity (Wildman–Crippen MR) is 181 cm³/mol. The fourth-order valence-corrected chi connectivity index (χ4v) is 6.51. The summed E-state index contributed by atoms with van der Waals surface area (Å²) in [6, 6.07) is 1.08. The molecule has 3 aromatic rings. The van der Waals surface area contributed by atoms with Crippen molar-refractivity contribution < 1.29 is 79.7 Å². The number of aromatic hydroxyl groups is 4. The van der Waals surface area contributed by atoms with Gasteiger partial charge in [-0.15, -0.1) is 0 Å². The van der Waals surface area contributed by atoms with Gasteiger partial charge in [-0.05, 0) is 61.6 Å². The SMILES string of the molecule is Cc1cc2c(c(O)c1-c1c(C)cc3c(C(C)C)c(O)c(O)c(C=NC(C)C(=O)O)c3c1O)/C(=C/NC(C)C(=O)O)C(=O)C(O)[C@@H]2C(C)C.[Na+]. The second-order valence-corrected chi connectivity index (χ2v) is 13.1. The van der Waals surface area contributed by atoms with E-state index >= 15 is 0 Å². The van der Waals surface area contributed by atoms with Gasteiger partial charge in [0.2, 0.25) is 0 Å². The summed E-state index contributed by atoms with van der Waals surface area (Å²) in [5.74, 6) is -6.29. The number of rotatable bonds is 9. The molecule has 0 aromatic heterocycles. The smallest absolute Gasteiger partial charge is 0.507 e. The first-order chi connectivity index (χ1) is 22.3. The van der Waals surface area contributed by atoms with Crippen LogP contribution in [0, 0.1) is 19.8 Å². The van der Waals surface area contributed by atoms with Gasteiger partial charge in [0.05, 0.1) is 0 Å². The van der Waals surface area contributed by atoms with Gasteiger partial charge in [-0.1, -0.05) is 39.8 Å². The van der Waals surface area contributed by atoms with E-state index in [0.29, 0.717) is 27.6 Å². The third kappa shape index (κ3) is 6.87. The molecule has 0 bridgehead atoms. The van der Waals surface area contributed by atoms with Gasteiger partial charge in [-0.2, -0.15) is 0 Å². The average molecular weight is 686 g/mol. The van der Waals surface area contributed by atoms with Crippen molar-refractivity contribution in [3.63, 3.8) is 0 Å². The molecule has 0 fully saturated rings. The van der Waals surface area contributed by atoms with E-state index in [1.165, 1.54) is 20.0 Å². The topological polar surface area (TPSA) is 217 Å². The normalized spacial score (nSPS) is 18.2. The van der Waals surface area contributed by atoms with Crippen molar-refractivity contribution >= 4 is 40.3 Å². The van der Waals surface area contributed by atoms with Gasteiger partial charge in [0.15, 0.2) is 17.3 Å². The molecule has 0 saturated heterocycles. The van der Waals surface area contributed by atoms with Gasteiger partial charge < -0.3 is 41.1 Å². The summed E-state index contributed by atoms with van der Waals surface area (Å²) in [7, 11) is 0. The number of ketones is 1. The van der Waals surface area contributed by atoms with Crippen molar-refractivity contribution in [2.45, 2.75) is 85.4 Å². The van der Waals surface area contributed by atoms with E-state index < -0.39 is 64.8 Å². The van der Waals surface area contributed by atoms with Crippen LogP contribution in [0.1, 0.15) is 86.8 Å². The third-order valence-electron chi connectivity index (χ3n) is 9.00. The Hall–Kier alpha value is -4.10. The Labute approximate surface area is 306 Å². The number of carbonyl (C=O) groups is 3. The van der Waals surface area contributed by atoms with Gasteiger partial charge in [0.25, 0.3) is 0 Å². The standard InChI is InChI=1S/C36H42N2O10.Na/c1-13(2)23-19-9-15(5)25(31(41)27(19)21(29(39)33(23)43)11-37-17(7)35(45)46)26-16(6)10-20-24(14(3)4)34(44)30(40)22(28(20)32(26)42)12-38-18(8)36(47)48;/h9-14,17-18,23,33,37,40-44H,1-8H3,(H,45,46)(H,47,48);/q;+1/b21-11-,38-12?;/t17?,18?,23-,33?;/m1./s1. The molecule has 3 unspecified atom stereocenters. The molecule has 13 heteroatoms. The Morgan fingerprint density at radius 1 is 0.837 bits per heavy atom. The number of nitrogens with zero attached hydrogens (tertiary/aromatic N) is 1. The van der Waals surface area contributed by atoms with Crippen LogP contribution in [0.3, 0.4) is 0 Å². The van der Waals surface area contributed by atoms with E-state index in [1.807, 2.05) is 13.8 Å². The molecule has 256 valence electrons. The molecule has 0 radical (unpaired) electrons. The number of fused-ring (bicyclic) bond motifs is 2. The molecule has 0 saturated carbocycles. The van der Waals surface area contributed by atoms with Crippen LogP contribution in [-0.4, -0.2) is 77.9 Å². The van der Waals surface area contributed by atoms with Crippen molar-refractivity contribution in [2.75, 3.05) is 0 Å². The second-order valence-electron chi connectivity index (χ2n) is 13.1. The largest absolute Gasteiger partial charge is 1.00 e. The van der Waals surface area contributed by atoms with E-state index in [2.05, 4.69) is 10.3 Å². The van der Waals surface area contributed by atoms with Crippen LogP contribution < -0.4 is 34.9 Å². The van der Waals surface area contributed by atoms with Gasteiger partial charge >= 0.3 is 41.5 Å². The van der Waals surface area contributed by atoms with Gasteiger partial charge in [0.1, 0.15) is 29.7 Å². The Morgan fingerprint density at radius 2 is 1.41 bits per heavy atom. The van der Waals surface area contributed by atoms with Gasteiger partial charge in [-0.25, -0.2) is 4.79 Å². The summed E-state index contributed by atoms with van der Waals surface area (Å²) in [6.07, 6.45) is 0.771. The number of benzene rings is 3. The Morgan fingerprint density at radius 3 is 1.94 bits per heavy atom. The van der Waals surface area contributed by atoms with E-state index in [9.17, 15) is 50.1 Å². The Kier molecular flexibility index (Phi) is 11.9. The molecule has 3 aromatic carbocycles. The van der Waals surface area contributed by atoms with Crippen LogP contribution >= 0.6 is 0 Å². The first-order valence-electron chi connectivity index (χ1n) is 15.6. The number of aliphatic hydroxyl groups excluding tert-OH is 1. The van der Waals surface area contributed by atoms with Crippen molar-refractivity contribution in [3.8, 4) is 34.1 Å².